The molecule has 2 N–H and O–H groups in total. The summed E-state index contributed by atoms with van der Waals surface area (Å²) in [6, 6.07) is 0.847. The van der Waals surface area contributed by atoms with Gasteiger partial charge in [-0.2, -0.15) is 0 Å². The molecule has 2 fully saturated rings. The lowest BCUT2D eigenvalue weighted by atomic mass is 9.94. The van der Waals surface area contributed by atoms with Gasteiger partial charge in [0.05, 0.1) is 6.42 Å². The molecule has 2 saturated heterocycles. The summed E-state index contributed by atoms with van der Waals surface area (Å²) in [7, 11) is 0. The normalized spacial score (nSPS) is 24.4. The number of carbonyl (C=O) groups excluding carboxylic acids is 3. The highest BCUT2D eigenvalue weighted by Crippen LogP contribution is 2.34. The van der Waals surface area contributed by atoms with Crippen molar-refractivity contribution in [2.45, 2.75) is 58.7 Å². The van der Waals surface area contributed by atoms with Crippen molar-refractivity contribution in [1.82, 2.24) is 15.1 Å². The fourth-order valence-corrected chi connectivity index (χ4v) is 4.51. The van der Waals surface area contributed by atoms with Crippen LogP contribution in [-0.2, 0) is 20.9 Å². The fraction of sp³-hybridized carbons (Fsp3) is 0.522. The van der Waals surface area contributed by atoms with Crippen LogP contribution in [0, 0.1) is 23.4 Å². The number of Topliss-reactive ketones (excluding diaryl/α,β-unsaturated/α-hetero) is 1. The monoisotopic (exact) mass is 467 g/mol. The lowest BCUT2D eigenvalue weighted by molar-refractivity contribution is -0.137. The van der Waals surface area contributed by atoms with Gasteiger partial charge >= 0.3 is 0 Å². The lowest BCUT2D eigenvalue weighted by Gasteiger charge is -2.45. The molecule has 2 heterocycles. The molecule has 10 heteroatoms. The summed E-state index contributed by atoms with van der Waals surface area (Å²) in [5, 5.41) is 12.9. The third-order valence-corrected chi connectivity index (χ3v) is 6.48. The van der Waals surface area contributed by atoms with E-state index < -0.39 is 59.3 Å². The molecule has 0 unspecified atom stereocenters. The smallest absolute Gasteiger partial charge is 0.274 e. The Morgan fingerprint density at radius 1 is 1.15 bits per heavy atom. The number of hydrogen-bond acceptors (Lipinski definition) is 5. The van der Waals surface area contributed by atoms with Crippen LogP contribution in [0.25, 0.3) is 0 Å². The van der Waals surface area contributed by atoms with Gasteiger partial charge in [0, 0.05) is 49.4 Å². The number of nitrogens with zero attached hydrogens (tertiary/aromatic N) is 2. The molecule has 0 radical (unpaired) electrons. The first-order valence-corrected chi connectivity index (χ1v) is 11.0. The van der Waals surface area contributed by atoms with Crippen LogP contribution in [0.15, 0.2) is 23.6 Å². The summed E-state index contributed by atoms with van der Waals surface area (Å²) in [4.78, 5) is 41.3. The summed E-state index contributed by atoms with van der Waals surface area (Å²) < 4.78 is 40.5. The predicted molar refractivity (Wildman–Crippen MR) is 113 cm³/mol. The Hall–Kier alpha value is -3.04. The van der Waals surface area contributed by atoms with Crippen molar-refractivity contribution in [3.05, 3.63) is 46.6 Å². The van der Waals surface area contributed by atoms with Gasteiger partial charge in [-0.1, -0.05) is 6.92 Å². The molecule has 2 aliphatic rings. The summed E-state index contributed by atoms with van der Waals surface area (Å²) in [5.74, 6) is -6.35. The summed E-state index contributed by atoms with van der Waals surface area (Å²) in [6.07, 6.45) is 0.884. The molecular weight excluding hydrogens is 439 g/mol. The number of ketones is 1. The predicted octanol–water partition coefficient (Wildman–Crippen LogP) is 2.80. The first-order chi connectivity index (χ1) is 15.5. The van der Waals surface area contributed by atoms with Crippen LogP contribution in [0.5, 0.6) is 0 Å². The number of piperazine rings is 1. The molecule has 2 amide bonds. The number of aliphatic hydroxyl groups excluding tert-OH is 1. The summed E-state index contributed by atoms with van der Waals surface area (Å²) >= 11 is 0. The van der Waals surface area contributed by atoms with E-state index in [2.05, 4.69) is 12.2 Å². The van der Waals surface area contributed by atoms with E-state index >= 15 is 0 Å². The molecule has 3 rings (SSSR count). The van der Waals surface area contributed by atoms with Gasteiger partial charge in [0.1, 0.15) is 23.1 Å². The molecule has 180 valence electrons. The van der Waals surface area contributed by atoms with Crippen LogP contribution < -0.4 is 5.32 Å². The van der Waals surface area contributed by atoms with E-state index in [0.717, 1.165) is 12.8 Å². The van der Waals surface area contributed by atoms with Crippen LogP contribution in [0.3, 0.4) is 0 Å². The average molecular weight is 467 g/mol. The number of fused-ring (bicyclic) bond motifs is 2. The second kappa shape index (κ2) is 9.84. The molecule has 2 bridgehead atoms. The number of likely N-dealkylation sites (N-methyl/N-ethyl adjacent to an activating group) is 1. The topological polar surface area (TPSA) is 90.0 Å². The van der Waals surface area contributed by atoms with Gasteiger partial charge in [0.15, 0.2) is 5.76 Å². The fourth-order valence-electron chi connectivity index (χ4n) is 4.51. The van der Waals surface area contributed by atoms with Crippen molar-refractivity contribution < 1.29 is 32.7 Å². The average Bonchev–Trinajstić information content (AvgIpc) is 2.87. The molecule has 33 heavy (non-hydrogen) atoms. The standard InChI is InChI=1S/C23H28F3N3O4/c1-4-28-18-11-29(13(3)6-5-12(18)2)23(33)21(28)22(32)19(30)9-20(31)27-10-15-16(25)7-14(24)8-17(15)26/h7-8,12-13,18,32H,4-6,9-11H2,1-3H3,(H,27,31)/b22-21+/t12-,13-,18+/m1/s1. The van der Waals surface area contributed by atoms with E-state index in [-0.39, 0.29) is 23.7 Å². The number of amides is 2. The van der Waals surface area contributed by atoms with Gasteiger partial charge in [-0.15, -0.1) is 0 Å². The Bertz CT molecular complexity index is 974. The van der Waals surface area contributed by atoms with Gasteiger partial charge in [0.2, 0.25) is 11.7 Å². The van der Waals surface area contributed by atoms with Crippen molar-refractivity contribution >= 4 is 17.6 Å². The van der Waals surface area contributed by atoms with Gasteiger partial charge < -0.3 is 20.2 Å². The van der Waals surface area contributed by atoms with Crippen molar-refractivity contribution in [2.24, 2.45) is 5.92 Å². The molecule has 0 spiro atoms. The second-order valence-corrected chi connectivity index (χ2v) is 8.64. The van der Waals surface area contributed by atoms with E-state index in [4.69, 9.17) is 0 Å². The maximum atomic E-state index is 13.7. The quantitative estimate of drug-likeness (QED) is 0.382. The first-order valence-electron chi connectivity index (χ1n) is 11.0. The van der Waals surface area contributed by atoms with Crippen LogP contribution in [0.4, 0.5) is 13.2 Å². The molecule has 1 aromatic carbocycles. The van der Waals surface area contributed by atoms with Crippen LogP contribution in [0.2, 0.25) is 0 Å². The minimum Gasteiger partial charge on any atom is -0.503 e. The number of carbonyl (C=O) groups is 3. The number of rotatable bonds is 6. The maximum Gasteiger partial charge on any atom is 0.274 e. The molecule has 1 aromatic rings. The maximum absolute atomic E-state index is 13.7. The van der Waals surface area contributed by atoms with Crippen LogP contribution in [-0.4, -0.2) is 57.7 Å². The van der Waals surface area contributed by atoms with Crippen molar-refractivity contribution in [1.29, 1.82) is 0 Å². The minimum absolute atomic E-state index is 0.0503. The van der Waals surface area contributed by atoms with E-state index in [1.54, 1.807) is 9.80 Å². The Kier molecular flexibility index (Phi) is 7.34. The lowest BCUT2D eigenvalue weighted by Crippen LogP contribution is -2.57. The van der Waals surface area contributed by atoms with E-state index in [0.29, 0.717) is 25.2 Å². The number of nitrogens with one attached hydrogen (secondary N) is 1. The number of allylic oxidation sites excluding steroid dienone is 1. The number of benzene rings is 1. The Morgan fingerprint density at radius 2 is 1.79 bits per heavy atom. The number of halogens is 3. The highest BCUT2D eigenvalue weighted by Gasteiger charge is 2.44. The SMILES string of the molecule is CCN1/C(=C(/O)C(=O)CC(=O)NCc2c(F)cc(F)cc2F)C(=O)N2C[C@H]1[C@H](C)CC[C@H]2C. The largest absolute Gasteiger partial charge is 0.503 e. The molecule has 2 aliphatic heterocycles. The first kappa shape index (κ1) is 24.6. The van der Waals surface area contributed by atoms with Crippen LogP contribution in [0.1, 0.15) is 45.6 Å². The van der Waals surface area contributed by atoms with E-state index in [1.165, 1.54) is 0 Å². The van der Waals surface area contributed by atoms with Gasteiger partial charge in [-0.25, -0.2) is 13.2 Å². The van der Waals surface area contributed by atoms with E-state index in [9.17, 15) is 32.7 Å². The highest BCUT2D eigenvalue weighted by molar-refractivity contribution is 6.10. The van der Waals surface area contributed by atoms with Gasteiger partial charge in [-0.05, 0) is 32.6 Å². The molecule has 3 atom stereocenters. The zero-order valence-corrected chi connectivity index (χ0v) is 18.8. The number of hydrogen-bond donors (Lipinski definition) is 2. The summed E-state index contributed by atoms with van der Waals surface area (Å²) in [6.45, 7) is 6.09. The van der Waals surface area contributed by atoms with Crippen molar-refractivity contribution in [3.63, 3.8) is 0 Å². The van der Waals surface area contributed by atoms with Crippen molar-refractivity contribution in [3.8, 4) is 0 Å². The third kappa shape index (κ3) is 4.99. The second-order valence-electron chi connectivity index (χ2n) is 8.64. The molecular formula is C23H28F3N3O4. The highest BCUT2D eigenvalue weighted by atomic mass is 19.1. The Morgan fingerprint density at radius 3 is 2.39 bits per heavy atom. The molecule has 0 aromatic heterocycles. The zero-order valence-electron chi connectivity index (χ0n) is 18.8. The minimum atomic E-state index is -1.17. The van der Waals surface area contributed by atoms with Crippen molar-refractivity contribution in [2.75, 3.05) is 13.1 Å². The third-order valence-electron chi connectivity index (χ3n) is 6.48. The Labute approximate surface area is 190 Å². The Balaban J connectivity index is 1.77. The summed E-state index contributed by atoms with van der Waals surface area (Å²) in [5.41, 5.74) is -0.679. The van der Waals surface area contributed by atoms with E-state index in [1.807, 2.05) is 13.8 Å². The zero-order chi connectivity index (χ0) is 24.4. The molecule has 0 aliphatic carbocycles. The molecule has 0 saturated carbocycles. The van der Waals surface area contributed by atoms with Gasteiger partial charge in [0.25, 0.3) is 5.91 Å². The van der Waals surface area contributed by atoms with Crippen LogP contribution >= 0.6 is 0 Å². The van der Waals surface area contributed by atoms with Gasteiger partial charge in [-0.3, -0.25) is 14.4 Å². The molecule has 7 nitrogen and oxygen atoms in total. The number of aliphatic hydroxyl groups is 1.